The van der Waals surface area contributed by atoms with Crippen LogP contribution < -0.4 is 0 Å². The van der Waals surface area contributed by atoms with Crippen molar-refractivity contribution in [2.24, 2.45) is 0 Å². The molecular weight excluding hydrogens is 403 g/mol. The minimum absolute atomic E-state index is 0.190. The number of halogens is 2. The maximum Gasteiger partial charge on any atom is 0.192 e. The van der Waals surface area contributed by atoms with Crippen molar-refractivity contribution in [2.45, 2.75) is 57.5 Å². The van der Waals surface area contributed by atoms with E-state index < -0.39 is 13.9 Å². The molecule has 6 heteroatoms. The SMILES string of the molecule is CC(C)(C)[Si](C)(C)OCc1cc(C2(c3cccc(Cl)c3)CCO2)c(Cl)s1. The number of ether oxygens (including phenoxy) is 1. The zero-order valence-corrected chi connectivity index (χ0v) is 19.3. The Morgan fingerprint density at radius 1 is 1.23 bits per heavy atom. The van der Waals surface area contributed by atoms with Crippen LogP contribution in [0.5, 0.6) is 0 Å². The van der Waals surface area contributed by atoms with Gasteiger partial charge < -0.3 is 9.16 Å². The fraction of sp³-hybridized carbons (Fsp3) is 0.500. The molecule has 0 spiro atoms. The van der Waals surface area contributed by atoms with Gasteiger partial charge in [-0.15, -0.1) is 11.3 Å². The summed E-state index contributed by atoms with van der Waals surface area (Å²) in [5.74, 6) is 0. The summed E-state index contributed by atoms with van der Waals surface area (Å²) in [6.45, 7) is 12.6. The standard InChI is InChI=1S/C20H26Cl2O2SSi/c1-19(2,3)26(4,5)24-13-16-12-17(18(22)25-16)20(9-10-23-20)14-7-6-8-15(21)11-14/h6-8,11-12H,9-10,13H2,1-5H3. The normalized spacial score (nSPS) is 20.9. The van der Waals surface area contributed by atoms with Crippen LogP contribution in [0.25, 0.3) is 0 Å². The average Bonchev–Trinajstić information content (AvgIpc) is 2.85. The number of benzene rings is 1. The zero-order chi connectivity index (χ0) is 19.2. The van der Waals surface area contributed by atoms with Gasteiger partial charge in [0.25, 0.3) is 0 Å². The Labute approximate surface area is 171 Å². The van der Waals surface area contributed by atoms with Crippen LogP contribution in [0.2, 0.25) is 27.5 Å². The van der Waals surface area contributed by atoms with Gasteiger partial charge in [0.15, 0.2) is 8.32 Å². The Morgan fingerprint density at radius 3 is 2.46 bits per heavy atom. The second kappa shape index (κ2) is 7.23. The molecule has 2 nitrogen and oxygen atoms in total. The lowest BCUT2D eigenvalue weighted by Gasteiger charge is -2.42. The lowest BCUT2D eigenvalue weighted by molar-refractivity contribution is -0.123. The maximum atomic E-state index is 6.63. The van der Waals surface area contributed by atoms with Crippen LogP contribution in [0.4, 0.5) is 0 Å². The number of hydrogen-bond donors (Lipinski definition) is 0. The number of rotatable bonds is 5. The van der Waals surface area contributed by atoms with Gasteiger partial charge in [-0.2, -0.15) is 0 Å². The molecule has 1 aliphatic rings. The van der Waals surface area contributed by atoms with Gasteiger partial charge in [-0.3, -0.25) is 0 Å². The summed E-state index contributed by atoms with van der Waals surface area (Å²) in [7, 11) is -1.79. The van der Waals surface area contributed by atoms with Crippen molar-refractivity contribution >= 4 is 42.9 Å². The molecule has 1 atom stereocenters. The van der Waals surface area contributed by atoms with E-state index in [4.69, 9.17) is 32.4 Å². The van der Waals surface area contributed by atoms with Crippen LogP contribution in [-0.4, -0.2) is 14.9 Å². The van der Waals surface area contributed by atoms with Crippen LogP contribution in [-0.2, 0) is 21.4 Å². The topological polar surface area (TPSA) is 18.5 Å². The van der Waals surface area contributed by atoms with Gasteiger partial charge in [-0.1, -0.05) is 56.1 Å². The maximum absolute atomic E-state index is 6.63. The van der Waals surface area contributed by atoms with E-state index in [1.165, 1.54) is 0 Å². The van der Waals surface area contributed by atoms with Crippen LogP contribution in [0.15, 0.2) is 30.3 Å². The van der Waals surface area contributed by atoms with E-state index >= 15 is 0 Å². The van der Waals surface area contributed by atoms with E-state index in [2.05, 4.69) is 46.0 Å². The van der Waals surface area contributed by atoms with Crippen molar-refractivity contribution in [3.05, 3.63) is 55.7 Å². The number of thiophene rings is 1. The molecule has 1 aromatic carbocycles. The predicted molar refractivity (Wildman–Crippen MR) is 114 cm³/mol. The van der Waals surface area contributed by atoms with Crippen LogP contribution in [0.1, 0.15) is 43.2 Å². The minimum Gasteiger partial charge on any atom is -0.412 e. The van der Waals surface area contributed by atoms with E-state index in [0.29, 0.717) is 11.6 Å². The number of hydrogen-bond acceptors (Lipinski definition) is 3. The van der Waals surface area contributed by atoms with Gasteiger partial charge in [0.2, 0.25) is 0 Å². The molecule has 1 aliphatic heterocycles. The molecule has 0 bridgehead atoms. The summed E-state index contributed by atoms with van der Waals surface area (Å²) in [5.41, 5.74) is 1.62. The van der Waals surface area contributed by atoms with Crippen molar-refractivity contribution in [3.8, 4) is 0 Å². The molecule has 1 fully saturated rings. The van der Waals surface area contributed by atoms with E-state index in [-0.39, 0.29) is 5.04 Å². The third-order valence-electron chi connectivity index (χ3n) is 5.65. The smallest absolute Gasteiger partial charge is 0.192 e. The first kappa shape index (κ1) is 20.4. The Kier molecular flexibility index (Phi) is 5.66. The van der Waals surface area contributed by atoms with Gasteiger partial charge in [0, 0.05) is 21.9 Å². The van der Waals surface area contributed by atoms with E-state index in [0.717, 1.165) is 33.4 Å². The summed E-state index contributed by atoms with van der Waals surface area (Å²) in [4.78, 5) is 1.15. The molecule has 1 saturated heterocycles. The molecule has 2 heterocycles. The first-order chi connectivity index (χ1) is 12.1. The molecule has 26 heavy (non-hydrogen) atoms. The van der Waals surface area contributed by atoms with Gasteiger partial charge >= 0.3 is 0 Å². The summed E-state index contributed by atoms with van der Waals surface area (Å²) in [6.07, 6.45) is 0.909. The predicted octanol–water partition coefficient (Wildman–Crippen LogP) is 7.24. The molecule has 142 valence electrons. The van der Waals surface area contributed by atoms with Gasteiger partial charge in [0.1, 0.15) is 5.60 Å². The van der Waals surface area contributed by atoms with Crippen molar-refractivity contribution in [2.75, 3.05) is 6.61 Å². The lowest BCUT2D eigenvalue weighted by atomic mass is 9.81. The Bertz CT molecular complexity index is 791. The fourth-order valence-corrected chi connectivity index (χ4v) is 5.48. The Morgan fingerprint density at radius 2 is 1.92 bits per heavy atom. The van der Waals surface area contributed by atoms with Crippen molar-refractivity contribution in [3.63, 3.8) is 0 Å². The molecule has 1 aromatic heterocycles. The molecule has 0 N–H and O–H groups in total. The first-order valence-corrected chi connectivity index (χ1v) is 13.4. The van der Waals surface area contributed by atoms with Gasteiger partial charge in [0.05, 0.1) is 17.6 Å². The summed E-state index contributed by atoms with van der Waals surface area (Å²) in [6, 6.07) is 10.0. The monoisotopic (exact) mass is 428 g/mol. The summed E-state index contributed by atoms with van der Waals surface area (Å²) >= 11 is 14.4. The third kappa shape index (κ3) is 3.78. The second-order valence-corrected chi connectivity index (χ2v) is 15.4. The molecule has 1 unspecified atom stereocenters. The quantitative estimate of drug-likeness (QED) is 0.467. The Balaban J connectivity index is 1.86. The van der Waals surface area contributed by atoms with Crippen molar-refractivity contribution in [1.29, 1.82) is 0 Å². The highest BCUT2D eigenvalue weighted by molar-refractivity contribution is 7.16. The molecule has 0 radical (unpaired) electrons. The van der Waals surface area contributed by atoms with Crippen molar-refractivity contribution < 1.29 is 9.16 Å². The van der Waals surface area contributed by atoms with Crippen molar-refractivity contribution in [1.82, 2.24) is 0 Å². The van der Waals surface area contributed by atoms with E-state index in [1.807, 2.05) is 18.2 Å². The van der Waals surface area contributed by atoms with Gasteiger partial charge in [-0.05, 0) is 41.9 Å². The highest BCUT2D eigenvalue weighted by Gasteiger charge is 2.44. The molecule has 0 aliphatic carbocycles. The molecule has 0 amide bonds. The molecule has 2 aromatic rings. The third-order valence-corrected chi connectivity index (χ3v) is 11.7. The lowest BCUT2D eigenvalue weighted by Crippen LogP contribution is -2.42. The first-order valence-electron chi connectivity index (χ1n) is 8.88. The largest absolute Gasteiger partial charge is 0.412 e. The fourth-order valence-electron chi connectivity index (χ4n) is 2.87. The average molecular weight is 429 g/mol. The highest BCUT2D eigenvalue weighted by atomic mass is 35.5. The summed E-state index contributed by atoms with van der Waals surface area (Å²) < 4.78 is 13.2. The molecule has 0 saturated carbocycles. The molecular formula is C20H26Cl2O2SSi. The minimum atomic E-state index is -1.79. The van der Waals surface area contributed by atoms with E-state index in [1.54, 1.807) is 11.3 Å². The van der Waals surface area contributed by atoms with Crippen LogP contribution >= 0.6 is 34.5 Å². The zero-order valence-electron chi connectivity index (χ0n) is 16.0. The Hall–Kier alpha value is -0.363. The van der Waals surface area contributed by atoms with Crippen LogP contribution in [0.3, 0.4) is 0 Å². The highest BCUT2D eigenvalue weighted by Crippen LogP contribution is 2.49. The van der Waals surface area contributed by atoms with Crippen LogP contribution in [0, 0.1) is 0 Å². The molecule has 3 rings (SSSR count). The second-order valence-electron chi connectivity index (χ2n) is 8.38. The van der Waals surface area contributed by atoms with Gasteiger partial charge in [-0.25, -0.2) is 0 Å². The van der Waals surface area contributed by atoms with E-state index in [9.17, 15) is 0 Å². The summed E-state index contributed by atoms with van der Waals surface area (Å²) in [5, 5.41) is 0.904.